The van der Waals surface area contributed by atoms with Gasteiger partial charge in [0.25, 0.3) is 0 Å². The van der Waals surface area contributed by atoms with E-state index in [1.807, 2.05) is 12.3 Å². The van der Waals surface area contributed by atoms with Crippen LogP contribution in [0, 0.1) is 5.92 Å². The highest BCUT2D eigenvalue weighted by atomic mass is 19.4. The zero-order valence-corrected chi connectivity index (χ0v) is 12.5. The molecule has 0 saturated carbocycles. The Morgan fingerprint density at radius 3 is 2.38 bits per heavy atom. The first-order valence-corrected chi connectivity index (χ1v) is 6.91. The molecule has 0 radical (unpaired) electrons. The third-order valence-corrected chi connectivity index (χ3v) is 2.96. The second kappa shape index (κ2) is 7.44. The van der Waals surface area contributed by atoms with Crippen LogP contribution in [0.15, 0.2) is 6.07 Å². The van der Waals surface area contributed by atoms with Gasteiger partial charge in [0.15, 0.2) is 5.69 Å². The van der Waals surface area contributed by atoms with Crippen molar-refractivity contribution in [2.24, 2.45) is 11.8 Å². The van der Waals surface area contributed by atoms with Crippen LogP contribution in [0.2, 0.25) is 0 Å². The van der Waals surface area contributed by atoms with Gasteiger partial charge in [0.1, 0.15) is 5.82 Å². The Balaban J connectivity index is 2.73. The van der Waals surface area contributed by atoms with Gasteiger partial charge in [0, 0.05) is 12.1 Å². The van der Waals surface area contributed by atoms with Gasteiger partial charge >= 0.3 is 6.18 Å². The topological polar surface area (TPSA) is 75.9 Å². The number of hydrogen-bond acceptors (Lipinski definition) is 5. The minimum Gasteiger partial charge on any atom is -0.367 e. The third kappa shape index (κ3) is 6.16. The van der Waals surface area contributed by atoms with Gasteiger partial charge in [0.2, 0.25) is 5.95 Å². The van der Waals surface area contributed by atoms with Gasteiger partial charge in [-0.1, -0.05) is 26.7 Å². The van der Waals surface area contributed by atoms with Crippen molar-refractivity contribution in [2.45, 2.75) is 52.3 Å². The summed E-state index contributed by atoms with van der Waals surface area (Å²) in [6.45, 7) is 6.18. The fraction of sp³-hybridized carbons (Fsp3) is 0.692. The molecule has 1 aromatic rings. The van der Waals surface area contributed by atoms with Gasteiger partial charge in [0.05, 0.1) is 0 Å². The highest BCUT2D eigenvalue weighted by molar-refractivity contribution is 5.43. The zero-order valence-electron chi connectivity index (χ0n) is 12.5. The van der Waals surface area contributed by atoms with E-state index in [0.29, 0.717) is 5.92 Å². The van der Waals surface area contributed by atoms with Crippen molar-refractivity contribution >= 4 is 11.8 Å². The van der Waals surface area contributed by atoms with Crippen molar-refractivity contribution in [2.75, 3.05) is 10.7 Å². The van der Waals surface area contributed by atoms with Gasteiger partial charge in [-0.25, -0.2) is 10.8 Å². The molecular weight excluding hydrogens is 283 g/mol. The van der Waals surface area contributed by atoms with Gasteiger partial charge in [-0.2, -0.15) is 18.2 Å². The lowest BCUT2D eigenvalue weighted by molar-refractivity contribution is -0.141. The van der Waals surface area contributed by atoms with Crippen molar-refractivity contribution in [1.29, 1.82) is 0 Å². The van der Waals surface area contributed by atoms with E-state index >= 15 is 0 Å². The second-order valence-electron chi connectivity index (χ2n) is 5.47. The number of nitrogens with one attached hydrogen (secondary N) is 2. The third-order valence-electron chi connectivity index (χ3n) is 2.96. The minimum absolute atomic E-state index is 0.0189. The molecule has 8 heteroatoms. The Morgan fingerprint density at radius 2 is 1.86 bits per heavy atom. The molecular formula is C13H22F3N5. The maximum atomic E-state index is 12.7. The number of rotatable bonds is 7. The molecule has 1 aromatic heterocycles. The van der Waals surface area contributed by atoms with E-state index in [-0.39, 0.29) is 17.8 Å². The molecule has 0 bridgehead atoms. The first-order valence-electron chi connectivity index (χ1n) is 6.91. The van der Waals surface area contributed by atoms with Crippen LogP contribution in [0.1, 0.15) is 45.7 Å². The summed E-state index contributed by atoms with van der Waals surface area (Å²) in [5.41, 5.74) is 1.02. The minimum atomic E-state index is -4.54. The number of nitrogens with two attached hydrogens (primary N) is 1. The Kier molecular flexibility index (Phi) is 6.19. The Bertz CT molecular complexity index is 448. The fourth-order valence-corrected chi connectivity index (χ4v) is 1.89. The Morgan fingerprint density at radius 1 is 1.19 bits per heavy atom. The van der Waals surface area contributed by atoms with E-state index < -0.39 is 11.9 Å². The maximum absolute atomic E-state index is 12.7. The Labute approximate surface area is 122 Å². The number of hydrazine groups is 1. The van der Waals surface area contributed by atoms with Gasteiger partial charge in [-0.3, -0.25) is 5.43 Å². The van der Waals surface area contributed by atoms with E-state index in [4.69, 9.17) is 5.84 Å². The largest absolute Gasteiger partial charge is 0.433 e. The maximum Gasteiger partial charge on any atom is 0.433 e. The lowest BCUT2D eigenvalue weighted by Crippen LogP contribution is -2.20. The van der Waals surface area contributed by atoms with Crippen LogP contribution < -0.4 is 16.6 Å². The Hall–Kier alpha value is -1.57. The molecule has 120 valence electrons. The second-order valence-corrected chi connectivity index (χ2v) is 5.47. The molecule has 4 N–H and O–H groups in total. The number of nitrogen functional groups attached to an aromatic ring is 1. The van der Waals surface area contributed by atoms with Crippen LogP contribution >= 0.6 is 0 Å². The number of halogens is 3. The summed E-state index contributed by atoms with van der Waals surface area (Å²) in [5, 5.41) is 2.96. The van der Waals surface area contributed by atoms with E-state index in [9.17, 15) is 13.2 Å². The summed E-state index contributed by atoms with van der Waals surface area (Å²) in [6.07, 6.45) is -1.59. The van der Waals surface area contributed by atoms with Gasteiger partial charge < -0.3 is 5.32 Å². The molecule has 21 heavy (non-hydrogen) atoms. The molecule has 0 aliphatic heterocycles. The molecule has 1 rings (SSSR count). The predicted molar refractivity (Wildman–Crippen MR) is 76.6 cm³/mol. The number of anilines is 2. The number of hydrogen-bond donors (Lipinski definition) is 3. The fourth-order valence-electron chi connectivity index (χ4n) is 1.89. The molecule has 1 unspecified atom stereocenters. The van der Waals surface area contributed by atoms with Crippen molar-refractivity contribution < 1.29 is 13.2 Å². The summed E-state index contributed by atoms with van der Waals surface area (Å²) in [6, 6.07) is 0.908. The van der Waals surface area contributed by atoms with Crippen molar-refractivity contribution in [3.05, 3.63) is 11.8 Å². The van der Waals surface area contributed by atoms with Crippen LogP contribution in [0.5, 0.6) is 0 Å². The summed E-state index contributed by atoms with van der Waals surface area (Å²) in [7, 11) is 0. The van der Waals surface area contributed by atoms with Gasteiger partial charge in [-0.05, 0) is 19.3 Å². The first kappa shape index (κ1) is 17.5. The highest BCUT2D eigenvalue weighted by Crippen LogP contribution is 2.29. The smallest absolute Gasteiger partial charge is 0.367 e. The lowest BCUT2D eigenvalue weighted by atomic mass is 10.0. The van der Waals surface area contributed by atoms with E-state index in [0.717, 1.165) is 25.3 Å². The summed E-state index contributed by atoms with van der Waals surface area (Å²) in [4.78, 5) is 7.19. The van der Waals surface area contributed by atoms with E-state index in [1.54, 1.807) is 0 Å². The van der Waals surface area contributed by atoms with E-state index in [1.165, 1.54) is 0 Å². The quantitative estimate of drug-likeness (QED) is 0.531. The molecule has 0 amide bonds. The van der Waals surface area contributed by atoms with Crippen LogP contribution in [-0.2, 0) is 6.18 Å². The lowest BCUT2D eigenvalue weighted by Gasteiger charge is -2.17. The molecule has 0 aromatic carbocycles. The monoisotopic (exact) mass is 305 g/mol. The molecule has 0 spiro atoms. The zero-order chi connectivity index (χ0) is 16.0. The summed E-state index contributed by atoms with van der Waals surface area (Å²) in [5.74, 6) is 5.57. The van der Waals surface area contributed by atoms with Gasteiger partial charge in [-0.15, -0.1) is 0 Å². The van der Waals surface area contributed by atoms with Crippen LogP contribution in [-0.4, -0.2) is 16.0 Å². The van der Waals surface area contributed by atoms with Crippen LogP contribution in [0.3, 0.4) is 0 Å². The SMILES string of the molecule is CC(C)CCCC(C)Nc1cc(C(F)(F)F)nc(NN)n1. The number of alkyl halides is 3. The van der Waals surface area contributed by atoms with Crippen LogP contribution in [0.4, 0.5) is 24.9 Å². The highest BCUT2D eigenvalue weighted by Gasteiger charge is 2.33. The number of aromatic nitrogens is 2. The summed E-state index contributed by atoms with van der Waals surface area (Å²) >= 11 is 0. The standard InChI is InChI=1S/C13H22F3N5/c1-8(2)5-4-6-9(3)18-11-7-10(13(14,15)16)19-12(20-11)21-17/h7-9H,4-6,17H2,1-3H3,(H2,18,19,20,21). The summed E-state index contributed by atoms with van der Waals surface area (Å²) < 4.78 is 38.2. The average molecular weight is 305 g/mol. The predicted octanol–water partition coefficient (Wildman–Crippen LogP) is 3.41. The van der Waals surface area contributed by atoms with Crippen LogP contribution in [0.25, 0.3) is 0 Å². The average Bonchev–Trinajstić information content (AvgIpc) is 2.36. The molecule has 1 atom stereocenters. The molecule has 0 saturated heterocycles. The number of nitrogens with zero attached hydrogens (tertiary/aromatic N) is 2. The first-order chi connectivity index (χ1) is 9.72. The molecule has 0 aliphatic rings. The molecule has 1 heterocycles. The molecule has 0 aliphatic carbocycles. The molecule has 5 nitrogen and oxygen atoms in total. The molecule has 0 fully saturated rings. The van der Waals surface area contributed by atoms with Crippen molar-refractivity contribution in [3.63, 3.8) is 0 Å². The van der Waals surface area contributed by atoms with Crippen molar-refractivity contribution in [1.82, 2.24) is 9.97 Å². The normalized spacial score (nSPS) is 13.3. The van der Waals surface area contributed by atoms with Crippen molar-refractivity contribution in [3.8, 4) is 0 Å². The van der Waals surface area contributed by atoms with E-state index in [2.05, 4.69) is 29.1 Å².